The van der Waals surface area contributed by atoms with E-state index in [1.54, 1.807) is 19.2 Å². The molecule has 6 heteroatoms. The number of benzene rings is 1. The summed E-state index contributed by atoms with van der Waals surface area (Å²) in [6.07, 6.45) is 2.51. The number of furan rings is 1. The lowest BCUT2D eigenvalue weighted by molar-refractivity contribution is 0.0996. The molecule has 0 unspecified atom stereocenters. The lowest BCUT2D eigenvalue weighted by Gasteiger charge is -2.12. The molecule has 0 saturated carbocycles. The Kier molecular flexibility index (Phi) is 6.23. The molecule has 23 heavy (non-hydrogen) atoms. The number of hydrogen-bond donors (Lipinski definition) is 3. The van der Waals surface area contributed by atoms with Gasteiger partial charge in [-0.2, -0.15) is 0 Å². The van der Waals surface area contributed by atoms with E-state index >= 15 is 0 Å². The maximum atomic E-state index is 12.0. The van der Waals surface area contributed by atoms with Crippen LogP contribution in [-0.2, 0) is 6.54 Å². The second-order valence-corrected chi connectivity index (χ2v) is 4.98. The Morgan fingerprint density at radius 1 is 1.22 bits per heavy atom. The first-order chi connectivity index (χ1) is 11.2. The van der Waals surface area contributed by atoms with E-state index < -0.39 is 0 Å². The molecule has 2 aromatic rings. The van der Waals surface area contributed by atoms with Crippen LogP contribution in [0.1, 0.15) is 29.5 Å². The smallest absolute Gasteiger partial charge is 0.291 e. The van der Waals surface area contributed by atoms with E-state index in [4.69, 9.17) is 4.42 Å². The zero-order valence-electron chi connectivity index (χ0n) is 13.4. The minimum atomic E-state index is -0.263. The summed E-state index contributed by atoms with van der Waals surface area (Å²) in [5.41, 5.74) is 1.77. The SMILES string of the molecule is CCCNC(=NC)NCc1cccc(NC(=O)c2ccco2)c1. The average Bonchev–Trinajstić information content (AvgIpc) is 3.10. The molecule has 0 fully saturated rings. The molecule has 0 saturated heterocycles. The van der Waals surface area contributed by atoms with Crippen LogP contribution >= 0.6 is 0 Å². The van der Waals surface area contributed by atoms with Gasteiger partial charge in [-0.05, 0) is 36.2 Å². The topological polar surface area (TPSA) is 78.7 Å². The fourth-order valence-electron chi connectivity index (χ4n) is 2.01. The molecule has 0 radical (unpaired) electrons. The van der Waals surface area contributed by atoms with Gasteiger partial charge in [0.1, 0.15) is 0 Å². The number of hydrogen-bond acceptors (Lipinski definition) is 3. The summed E-state index contributed by atoms with van der Waals surface area (Å²) in [6.45, 7) is 3.60. The minimum Gasteiger partial charge on any atom is -0.459 e. The van der Waals surface area contributed by atoms with Gasteiger partial charge in [-0.25, -0.2) is 0 Å². The molecule has 0 spiro atoms. The maximum absolute atomic E-state index is 12.0. The van der Waals surface area contributed by atoms with Crippen molar-refractivity contribution in [1.82, 2.24) is 10.6 Å². The van der Waals surface area contributed by atoms with Gasteiger partial charge in [-0.1, -0.05) is 19.1 Å². The van der Waals surface area contributed by atoms with Crippen molar-refractivity contribution in [3.05, 3.63) is 54.0 Å². The Hall–Kier alpha value is -2.76. The Bertz CT molecular complexity index is 650. The van der Waals surface area contributed by atoms with E-state index in [1.807, 2.05) is 24.3 Å². The van der Waals surface area contributed by atoms with Crippen LogP contribution in [0.15, 0.2) is 52.1 Å². The molecule has 1 aromatic heterocycles. The van der Waals surface area contributed by atoms with Crippen LogP contribution in [0.2, 0.25) is 0 Å². The summed E-state index contributed by atoms with van der Waals surface area (Å²) in [5, 5.41) is 9.26. The second-order valence-electron chi connectivity index (χ2n) is 4.98. The van der Waals surface area contributed by atoms with E-state index in [0.717, 1.165) is 30.2 Å². The van der Waals surface area contributed by atoms with Crippen LogP contribution in [0, 0.1) is 0 Å². The van der Waals surface area contributed by atoms with Crippen LogP contribution < -0.4 is 16.0 Å². The third-order valence-electron chi connectivity index (χ3n) is 3.16. The molecule has 6 nitrogen and oxygen atoms in total. The van der Waals surface area contributed by atoms with Gasteiger partial charge >= 0.3 is 0 Å². The summed E-state index contributed by atoms with van der Waals surface area (Å²) in [5.74, 6) is 0.787. The molecule has 1 amide bonds. The van der Waals surface area contributed by atoms with E-state index in [-0.39, 0.29) is 11.7 Å². The van der Waals surface area contributed by atoms with Gasteiger partial charge in [0.2, 0.25) is 0 Å². The lowest BCUT2D eigenvalue weighted by atomic mass is 10.2. The van der Waals surface area contributed by atoms with Gasteiger partial charge in [0.15, 0.2) is 11.7 Å². The van der Waals surface area contributed by atoms with Crippen molar-refractivity contribution in [2.75, 3.05) is 18.9 Å². The third kappa shape index (κ3) is 5.18. The average molecular weight is 314 g/mol. The van der Waals surface area contributed by atoms with Crippen molar-refractivity contribution in [2.45, 2.75) is 19.9 Å². The molecule has 0 aliphatic carbocycles. The molecule has 1 aromatic carbocycles. The van der Waals surface area contributed by atoms with Crippen LogP contribution in [0.3, 0.4) is 0 Å². The molecule has 2 rings (SSSR count). The predicted octanol–water partition coefficient (Wildman–Crippen LogP) is 2.61. The van der Waals surface area contributed by atoms with Crippen LogP contribution in [0.5, 0.6) is 0 Å². The van der Waals surface area contributed by atoms with E-state index in [0.29, 0.717) is 6.54 Å². The highest BCUT2D eigenvalue weighted by Crippen LogP contribution is 2.12. The fraction of sp³-hybridized carbons (Fsp3) is 0.294. The van der Waals surface area contributed by atoms with E-state index in [9.17, 15) is 4.79 Å². The molecule has 0 atom stereocenters. The predicted molar refractivity (Wildman–Crippen MR) is 91.6 cm³/mol. The van der Waals surface area contributed by atoms with Gasteiger partial charge in [0, 0.05) is 25.8 Å². The number of anilines is 1. The van der Waals surface area contributed by atoms with Crippen molar-refractivity contribution >= 4 is 17.6 Å². The number of rotatable bonds is 6. The first-order valence-corrected chi connectivity index (χ1v) is 7.61. The number of nitrogens with one attached hydrogen (secondary N) is 3. The summed E-state index contributed by atoms with van der Waals surface area (Å²) in [7, 11) is 1.74. The number of amides is 1. The maximum Gasteiger partial charge on any atom is 0.291 e. The monoisotopic (exact) mass is 314 g/mol. The van der Waals surface area contributed by atoms with E-state index in [2.05, 4.69) is 27.9 Å². The molecular weight excluding hydrogens is 292 g/mol. The van der Waals surface area contributed by atoms with Crippen molar-refractivity contribution < 1.29 is 9.21 Å². The van der Waals surface area contributed by atoms with Crippen molar-refractivity contribution in [2.24, 2.45) is 4.99 Å². The standard InChI is InChI=1S/C17H22N4O2/c1-3-9-19-17(18-2)20-12-13-6-4-7-14(11-13)21-16(22)15-8-5-10-23-15/h4-8,10-11H,3,9,12H2,1-2H3,(H,21,22)(H2,18,19,20). The molecule has 0 bridgehead atoms. The van der Waals surface area contributed by atoms with Crippen molar-refractivity contribution in [1.29, 1.82) is 0 Å². The summed E-state index contributed by atoms with van der Waals surface area (Å²) in [6, 6.07) is 11.0. The molecular formula is C17H22N4O2. The highest BCUT2D eigenvalue weighted by Gasteiger charge is 2.08. The normalized spacial score (nSPS) is 11.1. The summed E-state index contributed by atoms with van der Waals surface area (Å²) in [4.78, 5) is 16.1. The number of aliphatic imine (C=N–C) groups is 1. The molecule has 0 aliphatic rings. The highest BCUT2D eigenvalue weighted by molar-refractivity contribution is 6.02. The molecule has 1 heterocycles. The third-order valence-corrected chi connectivity index (χ3v) is 3.16. The quantitative estimate of drug-likeness (QED) is 0.566. The number of carbonyl (C=O) groups is 1. The zero-order chi connectivity index (χ0) is 16.5. The van der Waals surface area contributed by atoms with Gasteiger partial charge in [0.25, 0.3) is 5.91 Å². The van der Waals surface area contributed by atoms with Crippen molar-refractivity contribution in [3.63, 3.8) is 0 Å². The first-order valence-electron chi connectivity index (χ1n) is 7.61. The van der Waals surface area contributed by atoms with Crippen LogP contribution in [0.25, 0.3) is 0 Å². The Labute approximate surface area is 136 Å². The summed E-state index contributed by atoms with van der Waals surface area (Å²) >= 11 is 0. The molecule has 3 N–H and O–H groups in total. The summed E-state index contributed by atoms with van der Waals surface area (Å²) < 4.78 is 5.08. The first kappa shape index (κ1) is 16.6. The van der Waals surface area contributed by atoms with Gasteiger partial charge < -0.3 is 20.4 Å². The van der Waals surface area contributed by atoms with Crippen molar-refractivity contribution in [3.8, 4) is 0 Å². The van der Waals surface area contributed by atoms with Crippen LogP contribution in [-0.4, -0.2) is 25.5 Å². The largest absolute Gasteiger partial charge is 0.459 e. The van der Waals surface area contributed by atoms with Gasteiger partial charge in [-0.3, -0.25) is 9.79 Å². The number of guanidine groups is 1. The fourth-order valence-corrected chi connectivity index (χ4v) is 2.01. The number of carbonyl (C=O) groups excluding carboxylic acids is 1. The van der Waals surface area contributed by atoms with Crippen LogP contribution in [0.4, 0.5) is 5.69 Å². The molecule has 0 aliphatic heterocycles. The highest BCUT2D eigenvalue weighted by atomic mass is 16.3. The molecule has 122 valence electrons. The zero-order valence-corrected chi connectivity index (χ0v) is 13.4. The van der Waals surface area contributed by atoms with E-state index in [1.165, 1.54) is 6.26 Å². The Balaban J connectivity index is 1.93. The Morgan fingerprint density at radius 3 is 2.78 bits per heavy atom. The number of nitrogens with zero attached hydrogens (tertiary/aromatic N) is 1. The second kappa shape index (κ2) is 8.63. The lowest BCUT2D eigenvalue weighted by Crippen LogP contribution is -2.37. The minimum absolute atomic E-state index is 0.263. The van der Waals surface area contributed by atoms with Gasteiger partial charge in [-0.15, -0.1) is 0 Å². The Morgan fingerprint density at radius 2 is 2.09 bits per heavy atom. The van der Waals surface area contributed by atoms with Gasteiger partial charge in [0.05, 0.1) is 6.26 Å².